The molecule has 0 radical (unpaired) electrons. The summed E-state index contributed by atoms with van der Waals surface area (Å²) in [5.41, 5.74) is 0. The predicted molar refractivity (Wildman–Crippen MR) is 38.4 cm³/mol. The van der Waals surface area contributed by atoms with Crippen molar-refractivity contribution in [3.63, 3.8) is 0 Å². The minimum absolute atomic E-state index is 0. The quantitative estimate of drug-likeness (QED) is 0.433. The predicted octanol–water partition coefficient (Wildman–Crippen LogP) is 2.35. The van der Waals surface area contributed by atoms with Crippen molar-refractivity contribution in [2.45, 2.75) is 0 Å². The fourth-order valence-corrected chi connectivity index (χ4v) is 0. The maximum absolute atomic E-state index is 2.46. The molecule has 4 heteroatoms. The average molecular weight is 400 g/mol. The van der Waals surface area contributed by atoms with Gasteiger partial charge in [-0.05, 0) is 0 Å². The van der Waals surface area contributed by atoms with Gasteiger partial charge in [-0.3, -0.25) is 0 Å². The van der Waals surface area contributed by atoms with E-state index in [0.717, 1.165) is 0 Å². The van der Waals surface area contributed by atoms with E-state index in [1.165, 1.54) is 0 Å². The minimum atomic E-state index is 0. The van der Waals surface area contributed by atoms with E-state index in [1.807, 2.05) is 0 Å². The SMILES string of the molecule is Br.[I][Zn][I]. The molecule has 0 aliphatic rings. The molecule has 0 aromatic rings. The molecule has 0 aromatic carbocycles. The van der Waals surface area contributed by atoms with Crippen LogP contribution in [0, 0.1) is 0 Å². The topological polar surface area (TPSA) is 0 Å². The molecule has 0 aromatic heterocycles. The van der Waals surface area contributed by atoms with Crippen LogP contribution in [0.2, 0.25) is 0 Å². The van der Waals surface area contributed by atoms with Gasteiger partial charge in [0.15, 0.2) is 0 Å². The van der Waals surface area contributed by atoms with Crippen LogP contribution in [0.5, 0.6) is 0 Å². The number of halogens is 3. The van der Waals surface area contributed by atoms with Crippen molar-refractivity contribution in [2.24, 2.45) is 0 Å². The van der Waals surface area contributed by atoms with Crippen LogP contribution in [-0.4, -0.2) is 0 Å². The van der Waals surface area contributed by atoms with Gasteiger partial charge in [0.05, 0.1) is 0 Å². The second-order valence-electron chi connectivity index (χ2n) is 0.101. The molecule has 0 nitrogen and oxygen atoms in total. The number of hydrogen-bond donors (Lipinski definition) is 0. The monoisotopic (exact) mass is 398 g/mol. The first-order valence-corrected chi connectivity index (χ1v) is 18.6. The zero-order valence-electron chi connectivity index (χ0n) is 1.87. The normalized spacial score (nSPS) is 2.50. The Morgan fingerprint density at radius 3 is 1.25 bits per heavy atom. The first-order chi connectivity index (χ1) is 1.41. The Bertz CT molecular complexity index is 6.00. The van der Waals surface area contributed by atoms with Crippen molar-refractivity contribution in [1.82, 2.24) is 0 Å². The van der Waals surface area contributed by atoms with Crippen molar-refractivity contribution in [3.05, 3.63) is 0 Å². The van der Waals surface area contributed by atoms with Crippen LogP contribution in [-0.2, 0) is 10.1 Å². The van der Waals surface area contributed by atoms with Crippen molar-refractivity contribution in [3.8, 4) is 0 Å². The Morgan fingerprint density at radius 2 is 1.25 bits per heavy atom. The third-order valence-electron chi connectivity index (χ3n) is 0. The fourth-order valence-electron chi connectivity index (χ4n) is 0. The Labute approximate surface area is 65.2 Å². The molecule has 4 heavy (non-hydrogen) atoms. The van der Waals surface area contributed by atoms with E-state index in [-0.39, 0.29) is 27.1 Å². The van der Waals surface area contributed by atoms with Gasteiger partial charge in [0.1, 0.15) is 0 Å². The molecule has 0 unspecified atom stereocenters. The Kier molecular flexibility index (Phi) is 22.3. The van der Waals surface area contributed by atoms with E-state index in [9.17, 15) is 0 Å². The summed E-state index contributed by atoms with van der Waals surface area (Å²) in [5, 5.41) is 0. The third-order valence-corrected chi connectivity index (χ3v) is 0. The van der Waals surface area contributed by atoms with Crippen LogP contribution in [0.15, 0.2) is 0 Å². The van der Waals surface area contributed by atoms with E-state index in [1.54, 1.807) is 0 Å². The van der Waals surface area contributed by atoms with E-state index >= 15 is 0 Å². The molecule has 0 fully saturated rings. The van der Waals surface area contributed by atoms with Gasteiger partial charge in [-0.25, -0.2) is 0 Å². The van der Waals surface area contributed by atoms with E-state index < -0.39 is 0 Å². The van der Waals surface area contributed by atoms with Crippen LogP contribution in [0.3, 0.4) is 0 Å². The van der Waals surface area contributed by atoms with Crippen molar-refractivity contribution < 1.29 is 10.1 Å². The molecular weight excluding hydrogens is 399 g/mol. The zero-order valence-corrected chi connectivity index (χ0v) is 10.9. The molecular formula is HBrI2Zn. The molecule has 24 valence electrons. The Balaban J connectivity index is 0. The van der Waals surface area contributed by atoms with Gasteiger partial charge in [-0.2, -0.15) is 0 Å². The van der Waals surface area contributed by atoms with Crippen molar-refractivity contribution in [1.29, 1.82) is 0 Å². The Morgan fingerprint density at radius 1 is 1.25 bits per heavy atom. The van der Waals surface area contributed by atoms with E-state index in [2.05, 4.69) is 39.5 Å². The van der Waals surface area contributed by atoms with Crippen LogP contribution >= 0.6 is 56.5 Å². The summed E-state index contributed by atoms with van der Waals surface area (Å²) in [5.74, 6) is 0. The molecule has 0 atom stereocenters. The van der Waals surface area contributed by atoms with Crippen molar-refractivity contribution >= 4 is 56.5 Å². The van der Waals surface area contributed by atoms with E-state index in [4.69, 9.17) is 0 Å². The summed E-state index contributed by atoms with van der Waals surface area (Å²) in [7, 11) is 0.0650. The van der Waals surface area contributed by atoms with Crippen LogP contribution in [0.4, 0.5) is 0 Å². The molecule has 0 saturated carbocycles. The van der Waals surface area contributed by atoms with Gasteiger partial charge in [-0.15, -0.1) is 17.0 Å². The number of rotatable bonds is 0. The van der Waals surface area contributed by atoms with Crippen LogP contribution in [0.1, 0.15) is 0 Å². The second kappa shape index (κ2) is 9.12. The third kappa shape index (κ3) is 8.82. The second-order valence-corrected chi connectivity index (χ2v) is 23.6. The molecule has 0 amide bonds. The van der Waals surface area contributed by atoms with Crippen LogP contribution in [0.25, 0.3) is 0 Å². The molecule has 0 saturated heterocycles. The molecule has 0 spiro atoms. The average Bonchev–Trinajstić information content (AvgIpc) is 0.918. The molecule has 0 heterocycles. The molecule has 0 bridgehead atoms. The molecule has 0 N–H and O–H groups in total. The molecule has 0 rings (SSSR count). The van der Waals surface area contributed by atoms with Gasteiger partial charge in [0.2, 0.25) is 0 Å². The first-order valence-electron chi connectivity index (χ1n) is 0.535. The summed E-state index contributed by atoms with van der Waals surface area (Å²) >= 11 is 4.93. The van der Waals surface area contributed by atoms with E-state index in [0.29, 0.717) is 0 Å². The molecule has 0 aliphatic carbocycles. The standard InChI is InChI=1S/BrH.2HI.Zn/h3*1H;/q;;;+2/p-2. The van der Waals surface area contributed by atoms with Crippen LogP contribution < -0.4 is 0 Å². The summed E-state index contributed by atoms with van der Waals surface area (Å²) in [6.45, 7) is 0. The maximum atomic E-state index is 2.46. The Hall–Kier alpha value is 2.56. The first kappa shape index (κ1) is 9.76. The summed E-state index contributed by atoms with van der Waals surface area (Å²) in [6.07, 6.45) is 0. The van der Waals surface area contributed by atoms with Gasteiger partial charge in [-0.1, -0.05) is 0 Å². The zero-order chi connectivity index (χ0) is 2.71. The van der Waals surface area contributed by atoms with Crippen molar-refractivity contribution in [2.75, 3.05) is 0 Å². The fraction of sp³-hybridized carbons (Fsp3) is 0. The summed E-state index contributed by atoms with van der Waals surface area (Å²) in [6, 6.07) is 0. The molecule has 0 aliphatic heterocycles. The summed E-state index contributed by atoms with van der Waals surface area (Å²) in [4.78, 5) is 0. The van der Waals surface area contributed by atoms with Gasteiger partial charge < -0.3 is 0 Å². The van der Waals surface area contributed by atoms with Gasteiger partial charge in [0.25, 0.3) is 0 Å². The number of hydrogen-bond acceptors (Lipinski definition) is 0. The van der Waals surface area contributed by atoms with Gasteiger partial charge >= 0.3 is 49.6 Å². The van der Waals surface area contributed by atoms with Gasteiger partial charge in [0, 0.05) is 0 Å². The summed E-state index contributed by atoms with van der Waals surface area (Å²) < 4.78 is 0.